The van der Waals surface area contributed by atoms with Crippen LogP contribution in [0.2, 0.25) is 0 Å². The molecule has 4 nitrogen and oxygen atoms in total. The van der Waals surface area contributed by atoms with Crippen molar-refractivity contribution < 1.29 is 9.53 Å². The van der Waals surface area contributed by atoms with Crippen molar-refractivity contribution in [1.82, 2.24) is 9.88 Å². The Bertz CT molecular complexity index is 904. The Morgan fingerprint density at radius 3 is 2.89 bits per heavy atom. The number of benzene rings is 2. The third-order valence-electron chi connectivity index (χ3n) is 5.05. The number of carbonyl (C=O) groups excluding carboxylic acids is 1. The van der Waals surface area contributed by atoms with E-state index in [0.717, 1.165) is 41.2 Å². The standard InChI is InChI=1S/C22H24N2O2S/c1-2-26-19-11-5-3-8-16(19)13-14-21(25)24-15-7-10-18(24)22-23-17-9-4-6-12-20(17)27-22/h3-6,8-9,11-12,18H,2,7,10,13-15H2,1H3. The van der Waals surface area contributed by atoms with Gasteiger partial charge in [-0.15, -0.1) is 11.3 Å². The van der Waals surface area contributed by atoms with E-state index < -0.39 is 0 Å². The summed E-state index contributed by atoms with van der Waals surface area (Å²) in [5.74, 6) is 1.10. The minimum atomic E-state index is 0.122. The summed E-state index contributed by atoms with van der Waals surface area (Å²) in [6.45, 7) is 3.44. The molecule has 2 aromatic carbocycles. The Morgan fingerprint density at radius 1 is 1.22 bits per heavy atom. The maximum Gasteiger partial charge on any atom is 0.223 e. The van der Waals surface area contributed by atoms with Crippen molar-refractivity contribution in [3.05, 3.63) is 59.1 Å². The van der Waals surface area contributed by atoms with Crippen LogP contribution in [0, 0.1) is 0 Å². The molecule has 140 valence electrons. The van der Waals surface area contributed by atoms with Crippen LogP contribution in [0.15, 0.2) is 48.5 Å². The first-order valence-corrected chi connectivity index (χ1v) is 10.4. The van der Waals surface area contributed by atoms with E-state index in [-0.39, 0.29) is 11.9 Å². The predicted octanol–water partition coefficient (Wildman–Crippen LogP) is 4.99. The molecule has 1 amide bonds. The summed E-state index contributed by atoms with van der Waals surface area (Å²) in [5, 5.41) is 1.07. The van der Waals surface area contributed by atoms with Crippen LogP contribution in [0.4, 0.5) is 0 Å². The number of hydrogen-bond acceptors (Lipinski definition) is 4. The SMILES string of the molecule is CCOc1ccccc1CCC(=O)N1CCCC1c1nc2ccccc2s1. The molecule has 5 heteroatoms. The van der Waals surface area contributed by atoms with Gasteiger partial charge in [-0.1, -0.05) is 30.3 Å². The van der Waals surface area contributed by atoms with Crippen molar-refractivity contribution in [2.24, 2.45) is 0 Å². The summed E-state index contributed by atoms with van der Waals surface area (Å²) in [5.41, 5.74) is 2.13. The maximum atomic E-state index is 12.9. The first-order chi connectivity index (χ1) is 13.3. The van der Waals surface area contributed by atoms with Crippen LogP contribution in [0.5, 0.6) is 5.75 Å². The fourth-order valence-electron chi connectivity index (χ4n) is 3.75. The second-order valence-corrected chi connectivity index (χ2v) is 7.87. The van der Waals surface area contributed by atoms with Crippen molar-refractivity contribution in [2.75, 3.05) is 13.2 Å². The lowest BCUT2D eigenvalue weighted by Gasteiger charge is -2.23. The summed E-state index contributed by atoms with van der Waals surface area (Å²) >= 11 is 1.71. The van der Waals surface area contributed by atoms with E-state index in [0.29, 0.717) is 19.4 Å². The van der Waals surface area contributed by atoms with E-state index >= 15 is 0 Å². The molecular formula is C22H24N2O2S. The average Bonchev–Trinajstić information content (AvgIpc) is 3.34. The van der Waals surface area contributed by atoms with E-state index in [1.807, 2.05) is 54.3 Å². The van der Waals surface area contributed by atoms with Crippen molar-refractivity contribution >= 4 is 27.5 Å². The van der Waals surface area contributed by atoms with Crippen molar-refractivity contribution in [2.45, 2.75) is 38.6 Å². The molecule has 1 aromatic heterocycles. The summed E-state index contributed by atoms with van der Waals surface area (Å²) < 4.78 is 6.88. The molecule has 0 radical (unpaired) electrons. The molecule has 2 heterocycles. The van der Waals surface area contributed by atoms with Crippen molar-refractivity contribution in [3.8, 4) is 5.75 Å². The molecule has 27 heavy (non-hydrogen) atoms. The molecule has 1 aliphatic heterocycles. The Hall–Kier alpha value is -2.40. The zero-order valence-corrected chi connectivity index (χ0v) is 16.4. The fourth-order valence-corrected chi connectivity index (χ4v) is 4.86. The molecule has 0 spiro atoms. The fraction of sp³-hybridized carbons (Fsp3) is 0.364. The summed E-state index contributed by atoms with van der Waals surface area (Å²) in [4.78, 5) is 19.8. The second-order valence-electron chi connectivity index (χ2n) is 6.81. The summed E-state index contributed by atoms with van der Waals surface area (Å²) in [6, 6.07) is 16.3. The van der Waals surface area contributed by atoms with E-state index in [4.69, 9.17) is 9.72 Å². The third kappa shape index (κ3) is 3.83. The van der Waals surface area contributed by atoms with Crippen LogP contribution in [0.1, 0.15) is 42.8 Å². The van der Waals surface area contributed by atoms with Gasteiger partial charge in [-0.2, -0.15) is 0 Å². The second kappa shape index (κ2) is 8.09. The number of hydrogen-bond donors (Lipinski definition) is 0. The highest BCUT2D eigenvalue weighted by molar-refractivity contribution is 7.18. The molecule has 0 bridgehead atoms. The normalized spacial score (nSPS) is 16.8. The number of aromatic nitrogens is 1. The highest BCUT2D eigenvalue weighted by Crippen LogP contribution is 2.37. The van der Waals surface area contributed by atoms with Gasteiger partial charge >= 0.3 is 0 Å². The Morgan fingerprint density at radius 2 is 2.04 bits per heavy atom. The Balaban J connectivity index is 1.46. The van der Waals surface area contributed by atoms with E-state index in [1.54, 1.807) is 11.3 Å². The van der Waals surface area contributed by atoms with Crippen LogP contribution in [0.25, 0.3) is 10.2 Å². The molecule has 1 fully saturated rings. The topological polar surface area (TPSA) is 42.4 Å². The summed E-state index contributed by atoms with van der Waals surface area (Å²) in [7, 11) is 0. The first kappa shape index (κ1) is 18.0. The van der Waals surface area contributed by atoms with Gasteiger partial charge < -0.3 is 9.64 Å². The number of rotatable bonds is 6. The molecule has 0 saturated carbocycles. The number of thiazole rings is 1. The lowest BCUT2D eigenvalue weighted by molar-refractivity contribution is -0.132. The molecule has 3 aromatic rings. The highest BCUT2D eigenvalue weighted by atomic mass is 32.1. The number of amides is 1. The number of fused-ring (bicyclic) bond motifs is 1. The zero-order chi connectivity index (χ0) is 18.6. The van der Waals surface area contributed by atoms with Crippen LogP contribution in [-0.4, -0.2) is 28.9 Å². The van der Waals surface area contributed by atoms with Crippen LogP contribution in [-0.2, 0) is 11.2 Å². The van der Waals surface area contributed by atoms with E-state index in [2.05, 4.69) is 6.07 Å². The summed E-state index contributed by atoms with van der Waals surface area (Å²) in [6.07, 6.45) is 3.26. The van der Waals surface area contributed by atoms with Gasteiger partial charge in [0.2, 0.25) is 5.91 Å². The highest BCUT2D eigenvalue weighted by Gasteiger charge is 2.31. The molecule has 4 rings (SSSR count). The largest absolute Gasteiger partial charge is 0.494 e. The van der Waals surface area contributed by atoms with Gasteiger partial charge in [0.15, 0.2) is 0 Å². The van der Waals surface area contributed by atoms with Gasteiger partial charge in [0.1, 0.15) is 10.8 Å². The van der Waals surface area contributed by atoms with Gasteiger partial charge in [-0.25, -0.2) is 4.98 Å². The minimum absolute atomic E-state index is 0.122. The number of ether oxygens (including phenoxy) is 1. The van der Waals surface area contributed by atoms with E-state index in [9.17, 15) is 4.79 Å². The molecule has 1 atom stereocenters. The predicted molar refractivity (Wildman–Crippen MR) is 109 cm³/mol. The zero-order valence-electron chi connectivity index (χ0n) is 15.6. The lowest BCUT2D eigenvalue weighted by Crippen LogP contribution is -2.30. The van der Waals surface area contributed by atoms with Gasteiger partial charge in [0.25, 0.3) is 0 Å². The van der Waals surface area contributed by atoms with Crippen molar-refractivity contribution in [3.63, 3.8) is 0 Å². The smallest absolute Gasteiger partial charge is 0.223 e. The number of likely N-dealkylation sites (tertiary alicyclic amines) is 1. The number of nitrogens with zero attached hydrogens (tertiary/aromatic N) is 2. The van der Waals surface area contributed by atoms with Crippen LogP contribution in [0.3, 0.4) is 0 Å². The van der Waals surface area contributed by atoms with Gasteiger partial charge in [0, 0.05) is 13.0 Å². The average molecular weight is 381 g/mol. The van der Waals surface area contributed by atoms with Gasteiger partial charge in [0.05, 0.1) is 22.9 Å². The Labute approximate surface area is 163 Å². The number of para-hydroxylation sites is 2. The number of aryl methyl sites for hydroxylation is 1. The maximum absolute atomic E-state index is 12.9. The van der Waals surface area contributed by atoms with Gasteiger partial charge in [-0.05, 0) is 49.9 Å². The van der Waals surface area contributed by atoms with Gasteiger partial charge in [-0.3, -0.25) is 4.79 Å². The Kier molecular flexibility index (Phi) is 5.39. The molecule has 1 saturated heterocycles. The quantitative estimate of drug-likeness (QED) is 0.605. The monoisotopic (exact) mass is 380 g/mol. The molecule has 1 unspecified atom stereocenters. The minimum Gasteiger partial charge on any atom is -0.494 e. The van der Waals surface area contributed by atoms with E-state index in [1.165, 1.54) is 4.70 Å². The molecular weight excluding hydrogens is 356 g/mol. The number of carbonyl (C=O) groups is 1. The third-order valence-corrected chi connectivity index (χ3v) is 6.19. The molecule has 0 N–H and O–H groups in total. The molecule has 0 aliphatic carbocycles. The van der Waals surface area contributed by atoms with Crippen LogP contribution < -0.4 is 4.74 Å². The molecule has 1 aliphatic rings. The first-order valence-electron chi connectivity index (χ1n) is 9.62. The van der Waals surface area contributed by atoms with Crippen molar-refractivity contribution in [1.29, 1.82) is 0 Å². The van der Waals surface area contributed by atoms with Crippen LogP contribution >= 0.6 is 11.3 Å². The lowest BCUT2D eigenvalue weighted by atomic mass is 10.1.